The third kappa shape index (κ3) is 2.73. The molecule has 1 aliphatic heterocycles. The summed E-state index contributed by atoms with van der Waals surface area (Å²) in [6, 6.07) is 5.57. The van der Waals surface area contributed by atoms with Gasteiger partial charge in [-0.25, -0.2) is 0 Å². The van der Waals surface area contributed by atoms with Gasteiger partial charge in [0.1, 0.15) is 30.2 Å². The molecular formula is C14H16BrNO6. The van der Waals surface area contributed by atoms with Crippen LogP contribution < -0.4 is 4.74 Å². The number of hydrogen-bond donors (Lipinski definition) is 5. The molecule has 0 aliphatic carbocycles. The minimum absolute atomic E-state index is 0.431. The first kappa shape index (κ1) is 15.7. The fourth-order valence-electron chi connectivity index (χ4n) is 2.45. The monoisotopic (exact) mass is 373 g/mol. The van der Waals surface area contributed by atoms with Crippen molar-refractivity contribution < 1.29 is 29.9 Å². The molecular weight excluding hydrogens is 358 g/mol. The summed E-state index contributed by atoms with van der Waals surface area (Å²) in [6.07, 6.45) is -4.90. The molecule has 3 rings (SSSR count). The average Bonchev–Trinajstić information content (AvgIpc) is 2.90. The van der Waals surface area contributed by atoms with E-state index in [1.807, 2.05) is 18.2 Å². The van der Waals surface area contributed by atoms with Crippen molar-refractivity contribution in [1.29, 1.82) is 0 Å². The highest BCUT2D eigenvalue weighted by molar-refractivity contribution is 9.10. The van der Waals surface area contributed by atoms with Crippen molar-refractivity contribution in [3.63, 3.8) is 0 Å². The van der Waals surface area contributed by atoms with Crippen LogP contribution in [0.5, 0.6) is 5.75 Å². The third-order valence-corrected chi connectivity index (χ3v) is 4.19. The Hall–Kier alpha value is -1.16. The summed E-state index contributed by atoms with van der Waals surface area (Å²) in [4.78, 5) is 3.02. The normalized spacial score (nSPS) is 32.3. The molecule has 0 radical (unpaired) electrons. The molecule has 0 saturated carbocycles. The van der Waals surface area contributed by atoms with Gasteiger partial charge in [0.05, 0.1) is 6.61 Å². The van der Waals surface area contributed by atoms with Gasteiger partial charge in [0.25, 0.3) is 0 Å². The molecule has 2 aromatic rings. The first-order valence-electron chi connectivity index (χ1n) is 6.75. The SMILES string of the molecule is OC[C@H]1O[C@@H](Oc2c[nH]c3ccc(Br)cc23)[C@H](O)[C@@H](O)[C@@H]1O. The molecule has 0 spiro atoms. The van der Waals surface area contributed by atoms with Crippen LogP contribution in [0.1, 0.15) is 0 Å². The van der Waals surface area contributed by atoms with Gasteiger partial charge in [0, 0.05) is 21.6 Å². The van der Waals surface area contributed by atoms with E-state index in [0.717, 1.165) is 15.4 Å². The topological polar surface area (TPSA) is 115 Å². The molecule has 5 N–H and O–H groups in total. The summed E-state index contributed by atoms with van der Waals surface area (Å²) in [5, 5.41) is 39.4. The first-order chi connectivity index (χ1) is 10.5. The number of halogens is 1. The fourth-order valence-corrected chi connectivity index (χ4v) is 2.82. The predicted molar refractivity (Wildman–Crippen MR) is 80.4 cm³/mol. The summed E-state index contributed by atoms with van der Waals surface area (Å²) in [6.45, 7) is -0.496. The van der Waals surface area contributed by atoms with Gasteiger partial charge in [-0.15, -0.1) is 0 Å². The van der Waals surface area contributed by atoms with Crippen molar-refractivity contribution in [2.45, 2.75) is 30.7 Å². The number of H-pyrrole nitrogens is 1. The van der Waals surface area contributed by atoms with Crippen LogP contribution in [-0.4, -0.2) is 62.7 Å². The maximum absolute atomic E-state index is 9.99. The van der Waals surface area contributed by atoms with Crippen molar-refractivity contribution in [2.75, 3.05) is 6.61 Å². The van der Waals surface area contributed by atoms with E-state index in [-0.39, 0.29) is 0 Å². The standard InChI is InChI=1S/C14H16BrNO6/c15-6-1-2-8-7(3-6)9(4-16-8)21-14-13(20)12(19)11(18)10(5-17)22-14/h1-4,10-14,16-20H,5H2/t10-,11-,12+,13-,14-/m1/s1. The molecule has 0 bridgehead atoms. The third-order valence-electron chi connectivity index (χ3n) is 3.70. The van der Waals surface area contributed by atoms with Crippen LogP contribution in [0.25, 0.3) is 10.9 Å². The fraction of sp³-hybridized carbons (Fsp3) is 0.429. The van der Waals surface area contributed by atoms with Crippen LogP contribution in [0.15, 0.2) is 28.9 Å². The van der Waals surface area contributed by atoms with Crippen LogP contribution in [0.3, 0.4) is 0 Å². The molecule has 2 heterocycles. The van der Waals surface area contributed by atoms with Crippen molar-refractivity contribution in [3.05, 3.63) is 28.9 Å². The summed E-state index contributed by atoms with van der Waals surface area (Å²) in [5.74, 6) is 0.431. The van der Waals surface area contributed by atoms with E-state index < -0.39 is 37.3 Å². The molecule has 1 aliphatic rings. The van der Waals surface area contributed by atoms with Gasteiger partial charge >= 0.3 is 0 Å². The Bertz CT molecular complexity index is 660. The number of aromatic nitrogens is 1. The first-order valence-corrected chi connectivity index (χ1v) is 7.54. The quantitative estimate of drug-likeness (QED) is 0.521. The maximum atomic E-state index is 9.99. The number of ether oxygens (including phenoxy) is 2. The lowest BCUT2D eigenvalue weighted by atomic mass is 9.99. The Morgan fingerprint density at radius 1 is 1.18 bits per heavy atom. The van der Waals surface area contributed by atoms with Crippen LogP contribution in [0, 0.1) is 0 Å². The van der Waals surface area contributed by atoms with Gasteiger partial charge in [-0.1, -0.05) is 15.9 Å². The van der Waals surface area contributed by atoms with Gasteiger partial charge in [-0.3, -0.25) is 0 Å². The molecule has 0 unspecified atom stereocenters. The Kier molecular flexibility index (Phi) is 4.40. The minimum Gasteiger partial charge on any atom is -0.460 e. The van der Waals surface area contributed by atoms with Crippen LogP contribution in [-0.2, 0) is 4.74 Å². The smallest absolute Gasteiger partial charge is 0.229 e. The van der Waals surface area contributed by atoms with Crippen LogP contribution >= 0.6 is 15.9 Å². The van der Waals surface area contributed by atoms with Gasteiger partial charge in [-0.2, -0.15) is 0 Å². The molecule has 1 saturated heterocycles. The van der Waals surface area contributed by atoms with Gasteiger partial charge < -0.3 is 34.9 Å². The number of aromatic amines is 1. The zero-order chi connectivity index (χ0) is 15.9. The van der Waals surface area contributed by atoms with E-state index in [0.29, 0.717) is 5.75 Å². The highest BCUT2D eigenvalue weighted by atomic mass is 79.9. The van der Waals surface area contributed by atoms with E-state index in [1.54, 1.807) is 6.20 Å². The largest absolute Gasteiger partial charge is 0.460 e. The highest BCUT2D eigenvalue weighted by Crippen LogP contribution is 2.31. The number of hydrogen-bond acceptors (Lipinski definition) is 6. The molecule has 0 amide bonds. The Balaban J connectivity index is 1.85. The molecule has 5 atom stereocenters. The molecule has 1 fully saturated rings. The molecule has 22 heavy (non-hydrogen) atoms. The van der Waals surface area contributed by atoms with E-state index >= 15 is 0 Å². The number of benzene rings is 1. The Labute approximate surface area is 134 Å². The van der Waals surface area contributed by atoms with Gasteiger partial charge in [0.15, 0.2) is 0 Å². The summed E-state index contributed by atoms with van der Waals surface area (Å²) in [7, 11) is 0. The second kappa shape index (κ2) is 6.15. The van der Waals surface area contributed by atoms with E-state index in [9.17, 15) is 20.4 Å². The number of aliphatic hydroxyl groups excluding tert-OH is 4. The predicted octanol–water partition coefficient (Wildman–Crippen LogP) is 0.109. The minimum atomic E-state index is -1.46. The van der Waals surface area contributed by atoms with Crippen LogP contribution in [0.4, 0.5) is 0 Å². The second-order valence-corrected chi connectivity index (χ2v) is 6.07. The molecule has 120 valence electrons. The highest BCUT2D eigenvalue weighted by Gasteiger charge is 2.44. The number of aliphatic hydroxyl groups is 4. The lowest BCUT2D eigenvalue weighted by molar-refractivity contribution is -0.277. The van der Waals surface area contributed by atoms with Crippen molar-refractivity contribution >= 4 is 26.8 Å². The van der Waals surface area contributed by atoms with Crippen molar-refractivity contribution in [1.82, 2.24) is 4.98 Å². The number of rotatable bonds is 3. The van der Waals surface area contributed by atoms with E-state index in [1.165, 1.54) is 0 Å². The van der Waals surface area contributed by atoms with Crippen LogP contribution in [0.2, 0.25) is 0 Å². The van der Waals surface area contributed by atoms with Crippen molar-refractivity contribution in [3.8, 4) is 5.75 Å². The Morgan fingerprint density at radius 3 is 2.68 bits per heavy atom. The summed E-state index contributed by atoms with van der Waals surface area (Å²) in [5.41, 5.74) is 0.836. The lowest BCUT2D eigenvalue weighted by Crippen LogP contribution is -2.60. The molecule has 1 aromatic heterocycles. The van der Waals surface area contributed by atoms with Gasteiger partial charge in [-0.05, 0) is 18.2 Å². The summed E-state index contributed by atoms with van der Waals surface area (Å²) < 4.78 is 11.8. The maximum Gasteiger partial charge on any atom is 0.229 e. The van der Waals surface area contributed by atoms with E-state index in [2.05, 4.69) is 20.9 Å². The van der Waals surface area contributed by atoms with Crippen molar-refractivity contribution in [2.24, 2.45) is 0 Å². The molecule has 7 nitrogen and oxygen atoms in total. The Morgan fingerprint density at radius 2 is 1.95 bits per heavy atom. The average molecular weight is 374 g/mol. The summed E-state index contributed by atoms with van der Waals surface area (Å²) >= 11 is 3.37. The van der Waals surface area contributed by atoms with Gasteiger partial charge in [0.2, 0.25) is 6.29 Å². The lowest BCUT2D eigenvalue weighted by Gasteiger charge is -2.39. The molecule has 8 heteroatoms. The molecule has 1 aromatic carbocycles. The zero-order valence-corrected chi connectivity index (χ0v) is 13.0. The zero-order valence-electron chi connectivity index (χ0n) is 11.4. The second-order valence-electron chi connectivity index (χ2n) is 5.16. The number of fused-ring (bicyclic) bond motifs is 1. The van der Waals surface area contributed by atoms with E-state index in [4.69, 9.17) is 9.47 Å². The number of nitrogens with one attached hydrogen (secondary N) is 1.